The number of rotatable bonds is 0. The van der Waals surface area contributed by atoms with E-state index < -0.39 is 6.01 Å². The first-order valence-corrected chi connectivity index (χ1v) is 2.41. The van der Waals surface area contributed by atoms with Crippen LogP contribution in [0, 0.1) is 12.1 Å². The molecule has 0 fully saturated rings. The minimum atomic E-state index is -0.688. The SMILES string of the molecule is Fc1[c]cc(Br)o1. The Kier molecular flexibility index (Phi) is 1.15. The van der Waals surface area contributed by atoms with E-state index in [1.165, 1.54) is 6.07 Å². The van der Waals surface area contributed by atoms with Crippen LogP contribution in [0.5, 0.6) is 0 Å². The Morgan fingerprint density at radius 3 is 2.71 bits per heavy atom. The number of hydrogen-bond acceptors (Lipinski definition) is 1. The van der Waals surface area contributed by atoms with Crippen molar-refractivity contribution < 1.29 is 8.81 Å². The third-order valence-electron chi connectivity index (χ3n) is 0.486. The Morgan fingerprint density at radius 2 is 2.57 bits per heavy atom. The monoisotopic (exact) mass is 163 g/mol. The highest BCUT2D eigenvalue weighted by molar-refractivity contribution is 9.10. The first-order valence-electron chi connectivity index (χ1n) is 1.61. The largest absolute Gasteiger partial charge is 0.424 e. The Bertz CT molecular complexity index is 144. The van der Waals surface area contributed by atoms with Crippen LogP contribution >= 0.6 is 15.9 Å². The summed E-state index contributed by atoms with van der Waals surface area (Å²) in [7, 11) is 0. The molecule has 1 aromatic rings. The maximum absolute atomic E-state index is 11.7. The minimum Gasteiger partial charge on any atom is -0.424 e. The molecule has 0 saturated carbocycles. The molecule has 0 N–H and O–H groups in total. The molecular formula is C4HBrFO. The molecule has 7 heavy (non-hydrogen) atoms. The van der Waals surface area contributed by atoms with Gasteiger partial charge in [-0.25, -0.2) is 0 Å². The van der Waals surface area contributed by atoms with Crippen LogP contribution in [0.2, 0.25) is 0 Å². The summed E-state index contributed by atoms with van der Waals surface area (Å²) in [6.45, 7) is 0. The summed E-state index contributed by atoms with van der Waals surface area (Å²) in [6, 6.07) is 2.87. The van der Waals surface area contributed by atoms with E-state index in [0.29, 0.717) is 4.67 Å². The lowest BCUT2D eigenvalue weighted by atomic mass is 10.7. The summed E-state index contributed by atoms with van der Waals surface area (Å²) in [5.41, 5.74) is 0. The van der Waals surface area contributed by atoms with Crippen molar-refractivity contribution in [2.75, 3.05) is 0 Å². The highest BCUT2D eigenvalue weighted by Crippen LogP contribution is 2.10. The van der Waals surface area contributed by atoms with E-state index >= 15 is 0 Å². The molecule has 0 aromatic carbocycles. The van der Waals surface area contributed by atoms with E-state index in [0.717, 1.165) is 0 Å². The van der Waals surface area contributed by atoms with Crippen molar-refractivity contribution in [1.29, 1.82) is 0 Å². The van der Waals surface area contributed by atoms with Crippen LogP contribution in [0.15, 0.2) is 15.2 Å². The summed E-state index contributed by atoms with van der Waals surface area (Å²) in [5, 5.41) is 0. The van der Waals surface area contributed by atoms with Crippen molar-refractivity contribution in [2.45, 2.75) is 0 Å². The Morgan fingerprint density at radius 1 is 1.86 bits per heavy atom. The van der Waals surface area contributed by atoms with Gasteiger partial charge in [-0.05, 0) is 15.9 Å². The normalized spacial score (nSPS) is 9.43. The van der Waals surface area contributed by atoms with Crippen molar-refractivity contribution >= 4 is 15.9 Å². The maximum Gasteiger partial charge on any atom is 0.287 e. The topological polar surface area (TPSA) is 13.1 Å². The van der Waals surface area contributed by atoms with E-state index in [2.05, 4.69) is 26.4 Å². The molecule has 0 aliphatic heterocycles. The van der Waals surface area contributed by atoms with Gasteiger partial charge in [-0.15, -0.1) is 0 Å². The molecule has 1 rings (SSSR count). The molecule has 0 bridgehead atoms. The molecule has 0 saturated heterocycles. The summed E-state index contributed by atoms with van der Waals surface area (Å²) in [5.74, 6) is 0. The lowest BCUT2D eigenvalue weighted by Crippen LogP contribution is -1.52. The molecule has 0 amide bonds. The molecule has 0 unspecified atom stereocenters. The fourth-order valence-electron chi connectivity index (χ4n) is 0.258. The van der Waals surface area contributed by atoms with E-state index in [1.807, 2.05) is 0 Å². The molecule has 37 valence electrons. The lowest BCUT2D eigenvalue weighted by molar-refractivity contribution is 0.345. The Hall–Kier alpha value is -0.310. The average molecular weight is 164 g/mol. The molecule has 1 radical (unpaired) electrons. The van der Waals surface area contributed by atoms with E-state index in [4.69, 9.17) is 0 Å². The van der Waals surface area contributed by atoms with Crippen LogP contribution in [0.1, 0.15) is 0 Å². The fourth-order valence-corrected chi connectivity index (χ4v) is 0.515. The molecule has 3 heteroatoms. The predicted molar refractivity (Wildman–Crippen MR) is 25.2 cm³/mol. The Labute approximate surface area is 48.3 Å². The second kappa shape index (κ2) is 1.66. The number of hydrogen-bond donors (Lipinski definition) is 0. The van der Waals surface area contributed by atoms with Gasteiger partial charge in [-0.3, -0.25) is 0 Å². The molecule has 1 nitrogen and oxygen atoms in total. The molecule has 1 heterocycles. The zero-order valence-corrected chi connectivity index (χ0v) is 4.83. The van der Waals surface area contributed by atoms with Gasteiger partial charge in [-0.2, -0.15) is 4.39 Å². The average Bonchev–Trinajstić information content (AvgIpc) is 1.87. The van der Waals surface area contributed by atoms with Crippen molar-refractivity contribution in [2.24, 2.45) is 0 Å². The van der Waals surface area contributed by atoms with Crippen molar-refractivity contribution in [3.05, 3.63) is 22.8 Å². The van der Waals surface area contributed by atoms with Gasteiger partial charge in [0.2, 0.25) is 0 Å². The van der Waals surface area contributed by atoms with Crippen molar-refractivity contribution in [1.82, 2.24) is 0 Å². The van der Waals surface area contributed by atoms with E-state index in [9.17, 15) is 4.39 Å². The second-order valence-electron chi connectivity index (χ2n) is 0.969. The quantitative estimate of drug-likeness (QED) is 0.571. The highest BCUT2D eigenvalue weighted by atomic mass is 79.9. The highest BCUT2D eigenvalue weighted by Gasteiger charge is 1.93. The van der Waals surface area contributed by atoms with E-state index in [1.54, 1.807) is 0 Å². The summed E-state index contributed by atoms with van der Waals surface area (Å²) in [4.78, 5) is 0. The minimum absolute atomic E-state index is 0.366. The third-order valence-corrected chi connectivity index (χ3v) is 0.877. The van der Waals surface area contributed by atoms with Gasteiger partial charge in [0.15, 0.2) is 4.67 Å². The summed E-state index contributed by atoms with van der Waals surface area (Å²) < 4.78 is 16.3. The number of furan rings is 1. The van der Waals surface area contributed by atoms with Gasteiger partial charge < -0.3 is 4.42 Å². The van der Waals surface area contributed by atoms with Crippen LogP contribution in [0.25, 0.3) is 0 Å². The van der Waals surface area contributed by atoms with Gasteiger partial charge in [0.25, 0.3) is 6.01 Å². The van der Waals surface area contributed by atoms with Crippen LogP contribution in [-0.2, 0) is 0 Å². The van der Waals surface area contributed by atoms with E-state index in [-0.39, 0.29) is 0 Å². The molecule has 1 aromatic heterocycles. The van der Waals surface area contributed by atoms with Crippen LogP contribution in [-0.4, -0.2) is 0 Å². The smallest absolute Gasteiger partial charge is 0.287 e. The van der Waals surface area contributed by atoms with Crippen molar-refractivity contribution in [3.63, 3.8) is 0 Å². The zero-order chi connectivity index (χ0) is 5.28. The molecule has 0 atom stereocenters. The molecule has 0 aliphatic rings. The first kappa shape index (κ1) is 4.84. The van der Waals surface area contributed by atoms with Crippen LogP contribution in [0.4, 0.5) is 4.39 Å². The Balaban J connectivity index is 3.04. The van der Waals surface area contributed by atoms with Crippen LogP contribution < -0.4 is 0 Å². The molecular weight excluding hydrogens is 163 g/mol. The molecule has 0 spiro atoms. The summed E-state index contributed by atoms with van der Waals surface area (Å²) >= 11 is 2.89. The van der Waals surface area contributed by atoms with Gasteiger partial charge in [-0.1, -0.05) is 0 Å². The van der Waals surface area contributed by atoms with Gasteiger partial charge >= 0.3 is 0 Å². The lowest BCUT2D eigenvalue weighted by Gasteiger charge is -1.70. The predicted octanol–water partition coefficient (Wildman–Crippen LogP) is 1.98. The second-order valence-corrected chi connectivity index (χ2v) is 1.75. The van der Waals surface area contributed by atoms with Crippen molar-refractivity contribution in [3.8, 4) is 0 Å². The standard InChI is InChI=1S/C4HBrFO/c5-3-1-2-4(6)7-3/h1H. The summed E-state index contributed by atoms with van der Waals surface area (Å²) in [6.07, 6.45) is 0. The molecule has 0 aliphatic carbocycles. The third kappa shape index (κ3) is 1.03. The number of halogens is 2. The zero-order valence-electron chi connectivity index (χ0n) is 3.24. The fraction of sp³-hybridized carbons (Fsp3) is 0. The first-order chi connectivity index (χ1) is 3.29. The van der Waals surface area contributed by atoms with Gasteiger partial charge in [0.1, 0.15) is 0 Å². The van der Waals surface area contributed by atoms with Gasteiger partial charge in [0, 0.05) is 6.07 Å². The van der Waals surface area contributed by atoms with Crippen LogP contribution in [0.3, 0.4) is 0 Å². The van der Waals surface area contributed by atoms with Gasteiger partial charge in [0.05, 0.1) is 6.07 Å². The maximum atomic E-state index is 11.7.